The number of nitrogens with zero attached hydrogens (tertiary/aromatic N) is 1. The summed E-state index contributed by atoms with van der Waals surface area (Å²) in [7, 11) is 0. The molecule has 25 heavy (non-hydrogen) atoms. The summed E-state index contributed by atoms with van der Waals surface area (Å²) in [5.41, 5.74) is 14.0. The van der Waals surface area contributed by atoms with Crippen LogP contribution >= 0.6 is 0 Å². The van der Waals surface area contributed by atoms with E-state index in [0.717, 1.165) is 59.0 Å². The first-order chi connectivity index (χ1) is 12.2. The van der Waals surface area contributed by atoms with Gasteiger partial charge in [0.05, 0.1) is 11.2 Å². The van der Waals surface area contributed by atoms with Gasteiger partial charge in [0, 0.05) is 34.6 Å². The first kappa shape index (κ1) is 15.5. The van der Waals surface area contributed by atoms with E-state index in [9.17, 15) is 0 Å². The molecule has 3 aromatic rings. The monoisotopic (exact) mass is 328 g/mol. The molecule has 124 valence electrons. The lowest BCUT2D eigenvalue weighted by Crippen LogP contribution is -2.09. The molecule has 4 nitrogen and oxygen atoms in total. The van der Waals surface area contributed by atoms with Gasteiger partial charge in [-0.2, -0.15) is 0 Å². The Balaban J connectivity index is 2.04. The molecule has 0 radical (unpaired) electrons. The highest BCUT2D eigenvalue weighted by Gasteiger charge is 2.21. The molecule has 0 saturated heterocycles. The fourth-order valence-corrected chi connectivity index (χ4v) is 3.80. The highest BCUT2D eigenvalue weighted by Crippen LogP contribution is 2.37. The van der Waals surface area contributed by atoms with Crippen LogP contribution in [0.5, 0.6) is 0 Å². The Bertz CT molecular complexity index is 987. The summed E-state index contributed by atoms with van der Waals surface area (Å²) in [5, 5.41) is 16.2. The number of benzene rings is 2. The quantitative estimate of drug-likeness (QED) is 0.493. The van der Waals surface area contributed by atoms with Crippen LogP contribution in [0.4, 0.5) is 5.69 Å². The standard InChI is InChI=1S/C21H20N4/c22-11-13-5-7-14(8-6-13)21-16-4-2-1-3-15(16)20-17(12-23)18(24)9-10-19(20)25-21/h5-12,22-23H,1-4,24H2. The molecule has 0 fully saturated rings. The van der Waals surface area contributed by atoms with E-state index in [2.05, 4.69) is 0 Å². The Hall–Kier alpha value is -3.01. The summed E-state index contributed by atoms with van der Waals surface area (Å²) in [6.07, 6.45) is 7.04. The lowest BCUT2D eigenvalue weighted by atomic mass is 9.85. The number of nitrogens with two attached hydrogens (primary N) is 1. The third-order valence-corrected chi connectivity index (χ3v) is 5.04. The number of pyridine rings is 1. The summed E-state index contributed by atoms with van der Waals surface area (Å²) >= 11 is 0. The summed E-state index contributed by atoms with van der Waals surface area (Å²) in [4.78, 5) is 4.95. The van der Waals surface area contributed by atoms with Crippen LogP contribution in [0.2, 0.25) is 0 Å². The van der Waals surface area contributed by atoms with Crippen molar-refractivity contribution >= 4 is 29.0 Å². The smallest absolute Gasteiger partial charge is 0.0744 e. The largest absolute Gasteiger partial charge is 0.398 e. The molecule has 0 atom stereocenters. The van der Waals surface area contributed by atoms with Gasteiger partial charge in [-0.15, -0.1) is 0 Å². The van der Waals surface area contributed by atoms with E-state index in [4.69, 9.17) is 21.5 Å². The van der Waals surface area contributed by atoms with Crippen molar-refractivity contribution in [2.45, 2.75) is 25.7 Å². The number of rotatable bonds is 3. The van der Waals surface area contributed by atoms with E-state index in [1.165, 1.54) is 23.6 Å². The van der Waals surface area contributed by atoms with Crippen molar-refractivity contribution in [2.24, 2.45) is 0 Å². The average Bonchev–Trinajstić information content (AvgIpc) is 2.67. The minimum atomic E-state index is 0.639. The normalized spacial score (nSPS) is 13.4. The topological polar surface area (TPSA) is 86.6 Å². The van der Waals surface area contributed by atoms with Gasteiger partial charge in [-0.05, 0) is 54.5 Å². The van der Waals surface area contributed by atoms with E-state index in [-0.39, 0.29) is 0 Å². The zero-order valence-electron chi connectivity index (χ0n) is 14.0. The van der Waals surface area contributed by atoms with Gasteiger partial charge in [-0.3, -0.25) is 0 Å². The highest BCUT2D eigenvalue weighted by molar-refractivity contribution is 6.05. The van der Waals surface area contributed by atoms with Crippen molar-refractivity contribution in [1.29, 1.82) is 10.8 Å². The van der Waals surface area contributed by atoms with Crippen LogP contribution in [0.25, 0.3) is 22.2 Å². The van der Waals surface area contributed by atoms with Crippen LogP contribution in [-0.4, -0.2) is 17.4 Å². The fraction of sp³-hybridized carbons (Fsp3) is 0.190. The molecule has 1 aromatic heterocycles. The van der Waals surface area contributed by atoms with E-state index in [1.54, 1.807) is 0 Å². The molecule has 1 aliphatic carbocycles. The van der Waals surface area contributed by atoms with E-state index in [1.807, 2.05) is 36.4 Å². The van der Waals surface area contributed by atoms with E-state index >= 15 is 0 Å². The third kappa shape index (κ3) is 2.50. The maximum atomic E-state index is 7.79. The molecule has 0 unspecified atom stereocenters. The number of aryl methyl sites for hydroxylation is 1. The SMILES string of the molecule is N=Cc1ccc(-c2nc3ccc(N)c(C=N)c3c3c2CCCC3)cc1. The summed E-state index contributed by atoms with van der Waals surface area (Å²) in [5.74, 6) is 0. The second-order valence-electron chi connectivity index (χ2n) is 6.50. The first-order valence-electron chi connectivity index (χ1n) is 8.58. The van der Waals surface area contributed by atoms with Crippen LogP contribution in [-0.2, 0) is 12.8 Å². The maximum absolute atomic E-state index is 7.79. The van der Waals surface area contributed by atoms with E-state index in [0.29, 0.717) is 5.69 Å². The van der Waals surface area contributed by atoms with Crippen LogP contribution in [0.15, 0.2) is 36.4 Å². The Morgan fingerprint density at radius 3 is 2.28 bits per heavy atom. The molecule has 1 aliphatic rings. The summed E-state index contributed by atoms with van der Waals surface area (Å²) in [6.45, 7) is 0. The number of anilines is 1. The second-order valence-corrected chi connectivity index (χ2v) is 6.50. The van der Waals surface area contributed by atoms with Crippen molar-refractivity contribution in [2.75, 3.05) is 5.73 Å². The molecule has 1 heterocycles. The molecule has 0 bridgehead atoms. The van der Waals surface area contributed by atoms with Gasteiger partial charge in [-0.25, -0.2) is 4.98 Å². The Kier molecular flexibility index (Phi) is 3.80. The molecule has 0 spiro atoms. The molecule has 0 aliphatic heterocycles. The molecule has 4 heteroatoms. The molecular weight excluding hydrogens is 308 g/mol. The van der Waals surface area contributed by atoms with Gasteiger partial charge in [0.2, 0.25) is 0 Å². The summed E-state index contributed by atoms with van der Waals surface area (Å²) in [6, 6.07) is 11.8. The van der Waals surface area contributed by atoms with Crippen LogP contribution in [0.1, 0.15) is 35.1 Å². The number of fused-ring (bicyclic) bond motifs is 3. The highest BCUT2D eigenvalue weighted by atomic mass is 14.7. The molecule has 2 aromatic carbocycles. The molecule has 0 saturated carbocycles. The number of aromatic nitrogens is 1. The van der Waals surface area contributed by atoms with Crippen LogP contribution < -0.4 is 5.73 Å². The minimum absolute atomic E-state index is 0.639. The van der Waals surface area contributed by atoms with Crippen molar-refractivity contribution < 1.29 is 0 Å². The van der Waals surface area contributed by atoms with Crippen LogP contribution in [0, 0.1) is 10.8 Å². The van der Waals surface area contributed by atoms with Gasteiger partial charge in [0.15, 0.2) is 0 Å². The lowest BCUT2D eigenvalue weighted by Gasteiger charge is -2.22. The average molecular weight is 328 g/mol. The Labute approximate surface area is 146 Å². The van der Waals surface area contributed by atoms with Crippen molar-refractivity contribution in [3.63, 3.8) is 0 Å². The lowest BCUT2D eigenvalue weighted by molar-refractivity contribution is 0.689. The number of nitrogen functional groups attached to an aromatic ring is 1. The Morgan fingerprint density at radius 1 is 0.880 bits per heavy atom. The molecule has 0 amide bonds. The van der Waals surface area contributed by atoms with Gasteiger partial charge >= 0.3 is 0 Å². The van der Waals surface area contributed by atoms with Crippen molar-refractivity contribution in [3.05, 3.63) is 58.7 Å². The van der Waals surface area contributed by atoms with E-state index < -0.39 is 0 Å². The molecular formula is C21H20N4. The first-order valence-corrected chi connectivity index (χ1v) is 8.58. The number of nitrogens with one attached hydrogen (secondary N) is 2. The van der Waals surface area contributed by atoms with Crippen molar-refractivity contribution in [1.82, 2.24) is 4.98 Å². The number of hydrogen-bond acceptors (Lipinski definition) is 4. The minimum Gasteiger partial charge on any atom is -0.398 e. The fourth-order valence-electron chi connectivity index (χ4n) is 3.80. The van der Waals surface area contributed by atoms with Gasteiger partial charge < -0.3 is 16.6 Å². The third-order valence-electron chi connectivity index (χ3n) is 5.04. The predicted molar refractivity (Wildman–Crippen MR) is 104 cm³/mol. The zero-order chi connectivity index (χ0) is 17.4. The number of hydrogen-bond donors (Lipinski definition) is 3. The second kappa shape index (κ2) is 6.13. The predicted octanol–water partition coefficient (Wildman–Crippen LogP) is 4.36. The molecule has 4 N–H and O–H groups in total. The Morgan fingerprint density at radius 2 is 1.60 bits per heavy atom. The summed E-state index contributed by atoms with van der Waals surface area (Å²) < 4.78 is 0. The van der Waals surface area contributed by atoms with Gasteiger partial charge in [0.1, 0.15) is 0 Å². The van der Waals surface area contributed by atoms with Gasteiger partial charge in [0.25, 0.3) is 0 Å². The van der Waals surface area contributed by atoms with Crippen LogP contribution in [0.3, 0.4) is 0 Å². The van der Waals surface area contributed by atoms with Crippen molar-refractivity contribution in [3.8, 4) is 11.3 Å². The molecule has 4 rings (SSSR count). The maximum Gasteiger partial charge on any atom is 0.0744 e. The van der Waals surface area contributed by atoms with Gasteiger partial charge in [-0.1, -0.05) is 24.3 Å². The zero-order valence-corrected chi connectivity index (χ0v) is 14.0.